The summed E-state index contributed by atoms with van der Waals surface area (Å²) in [7, 11) is 0. The van der Waals surface area contributed by atoms with E-state index < -0.39 is 36.1 Å². The van der Waals surface area contributed by atoms with Crippen LogP contribution in [-0.2, 0) is 9.53 Å². The van der Waals surface area contributed by atoms with Crippen LogP contribution in [0.4, 0.5) is 8.78 Å². The van der Waals surface area contributed by atoms with Gasteiger partial charge in [-0.25, -0.2) is 13.6 Å². The molecule has 0 aromatic heterocycles. The molecule has 7 heteroatoms. The number of para-hydroxylation sites is 2. The summed E-state index contributed by atoms with van der Waals surface area (Å²) in [5.74, 6) is -2.72. The van der Waals surface area contributed by atoms with Gasteiger partial charge in [-0.15, -0.1) is 0 Å². The monoisotopic (exact) mass is 334 g/mol. The Morgan fingerprint density at radius 3 is 2.58 bits per heavy atom. The summed E-state index contributed by atoms with van der Waals surface area (Å²) in [5.41, 5.74) is -0.0899. The Labute approximate surface area is 135 Å². The van der Waals surface area contributed by atoms with Crippen molar-refractivity contribution >= 4 is 11.8 Å². The lowest BCUT2D eigenvalue weighted by atomic mass is 10.1. The fourth-order valence-corrected chi connectivity index (χ4v) is 2.12. The van der Waals surface area contributed by atoms with Crippen molar-refractivity contribution < 1.29 is 32.6 Å². The third kappa shape index (κ3) is 3.34. The minimum Gasteiger partial charge on any atom is -0.485 e. The van der Waals surface area contributed by atoms with Gasteiger partial charge >= 0.3 is 5.97 Å². The predicted octanol–water partition coefficient (Wildman–Crippen LogP) is 2.53. The highest BCUT2D eigenvalue weighted by atomic mass is 19.2. The summed E-state index contributed by atoms with van der Waals surface area (Å²) in [6.07, 6.45) is -1.00. The molecule has 0 saturated carbocycles. The van der Waals surface area contributed by atoms with Crippen LogP contribution in [0.5, 0.6) is 11.5 Å². The van der Waals surface area contributed by atoms with Gasteiger partial charge in [0.25, 0.3) is 0 Å². The highest BCUT2D eigenvalue weighted by Crippen LogP contribution is 2.31. The average Bonchev–Trinajstić information content (AvgIpc) is 2.61. The summed E-state index contributed by atoms with van der Waals surface area (Å²) in [4.78, 5) is 23.8. The SMILES string of the molecule is O=C(COC(=O)[C@@H]1COc2ccccc2O1)c1ccc(F)c(F)c1. The van der Waals surface area contributed by atoms with Crippen molar-refractivity contribution in [2.45, 2.75) is 6.10 Å². The lowest BCUT2D eigenvalue weighted by Crippen LogP contribution is -2.38. The van der Waals surface area contributed by atoms with Gasteiger partial charge in [0.2, 0.25) is 6.10 Å². The number of carbonyl (C=O) groups excluding carboxylic acids is 2. The highest BCUT2D eigenvalue weighted by molar-refractivity contribution is 5.98. The van der Waals surface area contributed by atoms with E-state index >= 15 is 0 Å². The molecule has 0 aliphatic carbocycles. The predicted molar refractivity (Wildman–Crippen MR) is 78.0 cm³/mol. The summed E-state index contributed by atoms with van der Waals surface area (Å²) in [6.45, 7) is -0.652. The number of rotatable bonds is 4. The normalized spacial score (nSPS) is 15.7. The van der Waals surface area contributed by atoms with Gasteiger partial charge in [0.05, 0.1) is 0 Å². The summed E-state index contributed by atoms with van der Waals surface area (Å²) in [6, 6.07) is 9.53. The smallest absolute Gasteiger partial charge is 0.351 e. The van der Waals surface area contributed by atoms with E-state index in [9.17, 15) is 18.4 Å². The molecule has 5 nitrogen and oxygen atoms in total. The molecular weight excluding hydrogens is 322 g/mol. The van der Waals surface area contributed by atoms with E-state index in [-0.39, 0.29) is 12.2 Å². The van der Waals surface area contributed by atoms with Crippen molar-refractivity contribution in [3.8, 4) is 11.5 Å². The van der Waals surface area contributed by atoms with Crippen LogP contribution in [0.15, 0.2) is 42.5 Å². The maximum absolute atomic E-state index is 13.1. The first kappa shape index (κ1) is 15.9. The summed E-state index contributed by atoms with van der Waals surface area (Å²) in [5, 5.41) is 0. The number of carbonyl (C=O) groups is 2. The maximum atomic E-state index is 13.1. The van der Waals surface area contributed by atoms with Crippen LogP contribution in [0.3, 0.4) is 0 Å². The fourth-order valence-electron chi connectivity index (χ4n) is 2.12. The van der Waals surface area contributed by atoms with Crippen molar-refractivity contribution in [2.75, 3.05) is 13.2 Å². The molecule has 1 heterocycles. The Morgan fingerprint density at radius 2 is 1.83 bits per heavy atom. The molecule has 1 aliphatic heterocycles. The van der Waals surface area contributed by atoms with Crippen LogP contribution in [0.1, 0.15) is 10.4 Å². The van der Waals surface area contributed by atoms with E-state index in [2.05, 4.69) is 0 Å². The van der Waals surface area contributed by atoms with Gasteiger partial charge < -0.3 is 14.2 Å². The van der Waals surface area contributed by atoms with E-state index in [1.165, 1.54) is 0 Å². The molecule has 124 valence electrons. The molecule has 0 N–H and O–H groups in total. The Balaban J connectivity index is 1.58. The van der Waals surface area contributed by atoms with Gasteiger partial charge in [-0.2, -0.15) is 0 Å². The first-order valence-corrected chi connectivity index (χ1v) is 7.08. The largest absolute Gasteiger partial charge is 0.485 e. The van der Waals surface area contributed by atoms with Crippen LogP contribution in [0, 0.1) is 11.6 Å². The standard InChI is InChI=1S/C17H12F2O5/c18-11-6-5-10(7-12(11)19)13(20)8-23-17(21)16-9-22-14-3-1-2-4-15(14)24-16/h1-7,16H,8-9H2/t16-/m0/s1. The van der Waals surface area contributed by atoms with E-state index in [1.54, 1.807) is 24.3 Å². The maximum Gasteiger partial charge on any atom is 0.351 e. The Hall–Kier alpha value is -2.96. The van der Waals surface area contributed by atoms with Gasteiger partial charge in [0.15, 0.2) is 35.5 Å². The number of hydrogen-bond acceptors (Lipinski definition) is 5. The molecule has 0 fully saturated rings. The first-order valence-electron chi connectivity index (χ1n) is 7.08. The minimum absolute atomic E-state index is 0.0464. The van der Waals surface area contributed by atoms with E-state index in [0.717, 1.165) is 18.2 Å². The highest BCUT2D eigenvalue weighted by Gasteiger charge is 2.29. The number of halogens is 2. The zero-order valence-electron chi connectivity index (χ0n) is 12.3. The molecular formula is C17H12F2O5. The zero-order valence-corrected chi connectivity index (χ0v) is 12.3. The van der Waals surface area contributed by atoms with Crippen molar-refractivity contribution in [3.63, 3.8) is 0 Å². The topological polar surface area (TPSA) is 61.8 Å². The van der Waals surface area contributed by atoms with Crippen LogP contribution in [0.2, 0.25) is 0 Å². The number of ketones is 1. The molecule has 1 atom stereocenters. The van der Waals surface area contributed by atoms with Crippen molar-refractivity contribution in [1.29, 1.82) is 0 Å². The number of esters is 1. The molecule has 0 saturated heterocycles. The number of Topliss-reactive ketones (excluding diaryl/α,β-unsaturated/α-hetero) is 1. The van der Waals surface area contributed by atoms with Crippen LogP contribution >= 0.6 is 0 Å². The van der Waals surface area contributed by atoms with Crippen molar-refractivity contribution in [1.82, 2.24) is 0 Å². The molecule has 24 heavy (non-hydrogen) atoms. The van der Waals surface area contributed by atoms with Crippen molar-refractivity contribution in [3.05, 3.63) is 59.7 Å². The summed E-state index contributed by atoms with van der Waals surface area (Å²) < 4.78 is 41.6. The molecule has 2 aromatic carbocycles. The molecule has 3 rings (SSSR count). The second-order valence-electron chi connectivity index (χ2n) is 5.02. The first-order chi connectivity index (χ1) is 11.5. The zero-order chi connectivity index (χ0) is 17.1. The van der Waals surface area contributed by atoms with Gasteiger partial charge in [-0.05, 0) is 30.3 Å². The molecule has 1 aliphatic rings. The fraction of sp³-hybridized carbons (Fsp3) is 0.176. The lowest BCUT2D eigenvalue weighted by molar-refractivity contribution is -0.153. The molecule has 0 radical (unpaired) electrons. The van der Waals surface area contributed by atoms with E-state index in [4.69, 9.17) is 14.2 Å². The number of fused-ring (bicyclic) bond motifs is 1. The lowest BCUT2D eigenvalue weighted by Gasteiger charge is -2.24. The number of ether oxygens (including phenoxy) is 3. The Morgan fingerprint density at radius 1 is 1.08 bits per heavy atom. The van der Waals surface area contributed by atoms with Gasteiger partial charge in [0.1, 0.15) is 6.61 Å². The van der Waals surface area contributed by atoms with Crippen LogP contribution in [0.25, 0.3) is 0 Å². The number of benzene rings is 2. The van der Waals surface area contributed by atoms with Gasteiger partial charge in [-0.3, -0.25) is 4.79 Å². The third-order valence-corrected chi connectivity index (χ3v) is 3.36. The van der Waals surface area contributed by atoms with E-state index in [0.29, 0.717) is 11.5 Å². The molecule has 0 amide bonds. The molecule has 0 bridgehead atoms. The minimum atomic E-state index is -1.15. The Bertz CT molecular complexity index is 790. The van der Waals surface area contributed by atoms with Crippen molar-refractivity contribution in [2.24, 2.45) is 0 Å². The average molecular weight is 334 g/mol. The van der Waals surface area contributed by atoms with Gasteiger partial charge in [-0.1, -0.05) is 12.1 Å². The Kier molecular flexibility index (Phi) is 4.41. The molecule has 2 aromatic rings. The second-order valence-corrected chi connectivity index (χ2v) is 5.02. The van der Waals surface area contributed by atoms with Crippen LogP contribution in [-0.4, -0.2) is 31.1 Å². The number of hydrogen-bond donors (Lipinski definition) is 0. The van der Waals surface area contributed by atoms with Crippen LogP contribution < -0.4 is 9.47 Å². The van der Waals surface area contributed by atoms with Gasteiger partial charge in [0, 0.05) is 5.56 Å². The quantitative estimate of drug-likeness (QED) is 0.635. The summed E-state index contributed by atoms with van der Waals surface area (Å²) >= 11 is 0. The van der Waals surface area contributed by atoms with E-state index in [1.807, 2.05) is 0 Å². The molecule has 0 unspecified atom stereocenters. The second kappa shape index (κ2) is 6.66. The third-order valence-electron chi connectivity index (χ3n) is 3.36. The molecule has 0 spiro atoms.